The van der Waals surface area contributed by atoms with E-state index < -0.39 is 57.3 Å². The van der Waals surface area contributed by atoms with Gasteiger partial charge in [-0.05, 0) is 12.1 Å². The number of halogens is 3. The Kier molecular flexibility index (Phi) is 8.20. The molecule has 1 fully saturated rings. The van der Waals surface area contributed by atoms with Gasteiger partial charge >= 0.3 is 12.1 Å². The number of hydrogen-bond donors (Lipinski definition) is 3. The number of imide groups is 1. The quantitative estimate of drug-likeness (QED) is 0.186. The van der Waals surface area contributed by atoms with Gasteiger partial charge in [-0.1, -0.05) is 40.0 Å². The molecule has 0 unspecified atom stereocenters. The van der Waals surface area contributed by atoms with Crippen LogP contribution in [0.25, 0.3) is 0 Å². The van der Waals surface area contributed by atoms with Crippen molar-refractivity contribution in [2.24, 2.45) is 5.16 Å². The molecule has 1 aromatic heterocycles. The molecule has 2 atom stereocenters. The molecule has 0 radical (unpaired) electrons. The summed E-state index contributed by atoms with van der Waals surface area (Å²) in [5.74, 6) is -4.07. The van der Waals surface area contributed by atoms with Crippen LogP contribution < -0.4 is 10.6 Å². The van der Waals surface area contributed by atoms with Crippen molar-refractivity contribution in [3.63, 3.8) is 0 Å². The first-order valence-electron chi connectivity index (χ1n) is 9.36. The number of carbonyl (C=O) groups excluding carboxylic acids is 4. The van der Waals surface area contributed by atoms with E-state index >= 15 is 0 Å². The van der Waals surface area contributed by atoms with Crippen LogP contribution in [0.4, 0.5) is 4.79 Å². The second-order valence-corrected chi connectivity index (χ2v) is 10.1. The Morgan fingerprint density at radius 1 is 1.34 bits per heavy atom. The molecule has 3 rings (SSSR count). The molecule has 3 N–H and O–H groups in total. The highest BCUT2D eigenvalue weighted by Crippen LogP contribution is 2.40. The zero-order valence-corrected chi connectivity index (χ0v) is 20.5. The molecular weight excluding hydrogens is 555 g/mol. The number of aliphatic carboxylic acids is 1. The smallest absolute Gasteiger partial charge is 0.414 e. The van der Waals surface area contributed by atoms with Crippen LogP contribution in [0.1, 0.15) is 5.76 Å². The second-order valence-electron chi connectivity index (χ2n) is 6.75. The number of alkyl halides is 3. The number of carboxylic acid groups (broad SMARTS) is 1. The van der Waals surface area contributed by atoms with Crippen LogP contribution in [0.15, 0.2) is 39.2 Å². The molecule has 0 aromatic carbocycles. The average molecular weight is 570 g/mol. The summed E-state index contributed by atoms with van der Waals surface area (Å²) >= 11 is 17.1. The Balaban J connectivity index is 1.69. The van der Waals surface area contributed by atoms with E-state index in [4.69, 9.17) is 44.0 Å². The first-order valence-corrected chi connectivity index (χ1v) is 11.5. The van der Waals surface area contributed by atoms with Crippen LogP contribution >= 0.6 is 46.6 Å². The molecule has 0 saturated carbocycles. The maximum absolute atomic E-state index is 12.7. The van der Waals surface area contributed by atoms with Gasteiger partial charge < -0.3 is 24.4 Å². The van der Waals surface area contributed by atoms with Crippen molar-refractivity contribution in [1.82, 2.24) is 15.5 Å². The lowest BCUT2D eigenvalue weighted by molar-refractivity contribution is -0.150. The van der Waals surface area contributed by atoms with Crippen molar-refractivity contribution < 1.29 is 43.1 Å². The number of carboxylic acids is 1. The zero-order valence-electron chi connectivity index (χ0n) is 17.5. The van der Waals surface area contributed by atoms with Gasteiger partial charge in [0.05, 0.1) is 6.26 Å². The summed E-state index contributed by atoms with van der Waals surface area (Å²) in [5.41, 5.74) is -0.560. The van der Waals surface area contributed by atoms with Gasteiger partial charge in [-0.15, -0.1) is 11.8 Å². The summed E-state index contributed by atoms with van der Waals surface area (Å²) in [5, 5.41) is 16.7. The predicted octanol–water partition coefficient (Wildman–Crippen LogP) is 0.992. The van der Waals surface area contributed by atoms with Crippen molar-refractivity contribution in [1.29, 1.82) is 0 Å². The molecule has 17 heteroatoms. The van der Waals surface area contributed by atoms with Gasteiger partial charge in [0.25, 0.3) is 21.5 Å². The summed E-state index contributed by atoms with van der Waals surface area (Å²) in [7, 11) is 1.23. The maximum atomic E-state index is 12.7. The maximum Gasteiger partial charge on any atom is 0.414 e. The number of alkyl carbamates (subject to hydrolysis) is 1. The number of nitrogens with zero attached hydrogens (tertiary/aromatic N) is 2. The van der Waals surface area contributed by atoms with Crippen molar-refractivity contribution in [2.75, 3.05) is 19.5 Å². The third-order valence-electron chi connectivity index (χ3n) is 4.54. The fourth-order valence-electron chi connectivity index (χ4n) is 3.06. The standard InChI is InChI=1S/C18H15Cl3N4O9S/c1-32-24-9(8-3-2-4-33-8)12(26)22-10-13(27)25-11(15(28)29)7(6-35-14(10)25)5-34-17(31)23-16(30)18(19,20)21/h2-4,10,14H,5-6H2,1H3,(H,22,26)(H,28,29)(H,23,30,31)/t10-,14-/m1/s1. The number of ether oxygens (including phenoxy) is 1. The molecule has 1 saturated heterocycles. The summed E-state index contributed by atoms with van der Waals surface area (Å²) in [6, 6.07) is 1.94. The lowest BCUT2D eigenvalue weighted by Crippen LogP contribution is -2.71. The molecule has 3 heterocycles. The fourth-order valence-corrected chi connectivity index (χ4v) is 4.53. The van der Waals surface area contributed by atoms with Crippen LogP contribution in [0, 0.1) is 0 Å². The number of amides is 4. The van der Waals surface area contributed by atoms with Gasteiger partial charge in [0.1, 0.15) is 30.8 Å². The predicted molar refractivity (Wildman–Crippen MR) is 122 cm³/mol. The van der Waals surface area contributed by atoms with Crippen molar-refractivity contribution >= 4 is 82.1 Å². The topological polar surface area (TPSA) is 177 Å². The molecule has 0 bridgehead atoms. The normalized spacial score (nSPS) is 19.9. The number of nitrogens with one attached hydrogen (secondary N) is 2. The van der Waals surface area contributed by atoms with Gasteiger partial charge in [-0.2, -0.15) is 0 Å². The highest BCUT2D eigenvalue weighted by molar-refractivity contribution is 8.00. The lowest BCUT2D eigenvalue weighted by Gasteiger charge is -2.49. The Morgan fingerprint density at radius 3 is 2.63 bits per heavy atom. The number of fused-ring (bicyclic) bond motifs is 1. The summed E-state index contributed by atoms with van der Waals surface area (Å²) in [6.45, 7) is -0.565. The monoisotopic (exact) mass is 568 g/mol. The summed E-state index contributed by atoms with van der Waals surface area (Å²) < 4.78 is 7.56. The van der Waals surface area contributed by atoms with Crippen LogP contribution in [0.5, 0.6) is 0 Å². The number of hydrogen-bond acceptors (Lipinski definition) is 10. The van der Waals surface area contributed by atoms with E-state index in [1.54, 1.807) is 5.32 Å². The Morgan fingerprint density at radius 2 is 2.06 bits per heavy atom. The number of rotatable bonds is 7. The van der Waals surface area contributed by atoms with Crippen molar-refractivity contribution in [3.8, 4) is 0 Å². The lowest BCUT2D eigenvalue weighted by atomic mass is 10.0. The number of furan rings is 1. The van der Waals surface area contributed by atoms with Gasteiger partial charge in [0, 0.05) is 11.3 Å². The third kappa shape index (κ3) is 5.83. The van der Waals surface area contributed by atoms with Crippen molar-refractivity contribution in [3.05, 3.63) is 35.4 Å². The minimum Gasteiger partial charge on any atom is -0.477 e. The second kappa shape index (κ2) is 10.8. The first-order chi connectivity index (χ1) is 16.5. The van der Waals surface area contributed by atoms with Gasteiger partial charge in [0.15, 0.2) is 5.76 Å². The SMILES string of the molecule is CON=C(C(=O)N[C@@H]1C(=O)N2C(C(=O)O)=C(COC(=O)NC(=O)C(Cl)(Cl)Cl)CS[C@H]12)c1ccco1. The van der Waals surface area contributed by atoms with Crippen LogP contribution in [-0.2, 0) is 28.8 Å². The third-order valence-corrected chi connectivity index (χ3v) is 6.39. The van der Waals surface area contributed by atoms with Crippen LogP contribution in [0.2, 0.25) is 0 Å². The fraction of sp³-hybridized carbons (Fsp3) is 0.333. The van der Waals surface area contributed by atoms with Crippen LogP contribution in [-0.4, -0.2) is 80.2 Å². The Labute approximate surface area is 215 Å². The summed E-state index contributed by atoms with van der Waals surface area (Å²) in [4.78, 5) is 66.2. The molecule has 2 aliphatic rings. The molecule has 0 aliphatic carbocycles. The highest BCUT2D eigenvalue weighted by Gasteiger charge is 2.54. The highest BCUT2D eigenvalue weighted by atomic mass is 35.6. The minimum absolute atomic E-state index is 0.0331. The van der Waals surface area contributed by atoms with Crippen LogP contribution in [0.3, 0.4) is 0 Å². The molecular formula is C18H15Cl3N4O9S. The molecule has 1 aromatic rings. The summed E-state index contributed by atoms with van der Waals surface area (Å²) in [6.07, 6.45) is 0.0379. The zero-order chi connectivity index (χ0) is 25.9. The Hall–Kier alpha value is -2.94. The number of thioether (sulfide) groups is 1. The number of β-lactam (4-membered cyclic amide) rings is 1. The van der Waals surface area contributed by atoms with E-state index in [1.807, 2.05) is 0 Å². The van der Waals surface area contributed by atoms with E-state index in [9.17, 15) is 29.1 Å². The minimum atomic E-state index is -2.41. The molecule has 0 spiro atoms. The molecule has 2 aliphatic heterocycles. The molecule has 188 valence electrons. The number of carbonyl (C=O) groups is 5. The average Bonchev–Trinajstić information content (AvgIpc) is 3.32. The molecule has 35 heavy (non-hydrogen) atoms. The van der Waals surface area contributed by atoms with Crippen molar-refractivity contribution in [2.45, 2.75) is 15.2 Å². The van der Waals surface area contributed by atoms with Gasteiger partial charge in [-0.3, -0.25) is 24.6 Å². The Bertz CT molecular complexity index is 1120. The van der Waals surface area contributed by atoms with Gasteiger partial charge in [0.2, 0.25) is 5.71 Å². The van der Waals surface area contributed by atoms with E-state index in [-0.39, 0.29) is 22.8 Å². The van der Waals surface area contributed by atoms with E-state index in [1.165, 1.54) is 25.5 Å². The largest absolute Gasteiger partial charge is 0.477 e. The van der Waals surface area contributed by atoms with Gasteiger partial charge in [-0.25, -0.2) is 9.59 Å². The van der Waals surface area contributed by atoms with E-state index in [2.05, 4.69) is 15.3 Å². The first kappa shape index (κ1) is 26.7. The number of oxime groups is 1. The molecule has 4 amide bonds. The van der Waals surface area contributed by atoms with E-state index in [0.29, 0.717) is 0 Å². The van der Waals surface area contributed by atoms with E-state index in [0.717, 1.165) is 16.7 Å². The molecule has 13 nitrogen and oxygen atoms in total.